The van der Waals surface area contributed by atoms with Crippen LogP contribution in [0, 0.1) is 5.92 Å². The normalized spacial score (nSPS) is 17.9. The van der Waals surface area contributed by atoms with E-state index in [4.69, 9.17) is 9.47 Å². The third-order valence-corrected chi connectivity index (χ3v) is 5.62. The molecule has 6 nitrogen and oxygen atoms in total. The van der Waals surface area contributed by atoms with E-state index in [9.17, 15) is 9.59 Å². The lowest BCUT2D eigenvalue weighted by atomic mass is 10.1. The van der Waals surface area contributed by atoms with Crippen LogP contribution >= 0.6 is 11.3 Å². The maximum Gasteiger partial charge on any atom is 0.357 e. The summed E-state index contributed by atoms with van der Waals surface area (Å²) in [5, 5.41) is 2.43. The van der Waals surface area contributed by atoms with Gasteiger partial charge in [0.05, 0.1) is 13.2 Å². The Morgan fingerprint density at radius 1 is 1.29 bits per heavy atom. The monoisotopic (exact) mass is 402 g/mol. The van der Waals surface area contributed by atoms with Crippen LogP contribution in [0.4, 0.5) is 0 Å². The Kier molecular flexibility index (Phi) is 7.17. The van der Waals surface area contributed by atoms with Gasteiger partial charge in [-0.15, -0.1) is 11.3 Å². The van der Waals surface area contributed by atoms with Gasteiger partial charge in [0.15, 0.2) is 5.69 Å². The second-order valence-electron chi connectivity index (χ2n) is 6.81. The number of amides is 1. The van der Waals surface area contributed by atoms with E-state index in [1.165, 1.54) is 16.9 Å². The van der Waals surface area contributed by atoms with Gasteiger partial charge in [0.2, 0.25) is 5.91 Å². The molecule has 0 aliphatic heterocycles. The van der Waals surface area contributed by atoms with Crippen molar-refractivity contribution in [3.05, 3.63) is 52.0 Å². The second-order valence-corrected chi connectivity index (χ2v) is 7.76. The van der Waals surface area contributed by atoms with Gasteiger partial charge in [0, 0.05) is 31.6 Å². The molecule has 2 aromatic rings. The van der Waals surface area contributed by atoms with Gasteiger partial charge in [0.25, 0.3) is 0 Å². The highest BCUT2D eigenvalue weighted by Crippen LogP contribution is 2.48. The van der Waals surface area contributed by atoms with Crippen molar-refractivity contribution in [3.63, 3.8) is 0 Å². The number of nitrogens with zero attached hydrogens (tertiary/aromatic N) is 2. The van der Waals surface area contributed by atoms with Crippen molar-refractivity contribution in [3.8, 4) is 0 Å². The lowest BCUT2D eigenvalue weighted by molar-refractivity contribution is -0.133. The van der Waals surface area contributed by atoms with Crippen molar-refractivity contribution in [2.75, 3.05) is 26.9 Å². The van der Waals surface area contributed by atoms with Gasteiger partial charge in [-0.05, 0) is 31.2 Å². The van der Waals surface area contributed by atoms with E-state index < -0.39 is 5.97 Å². The molecule has 150 valence electrons. The van der Waals surface area contributed by atoms with Crippen molar-refractivity contribution in [2.24, 2.45) is 5.92 Å². The summed E-state index contributed by atoms with van der Waals surface area (Å²) in [4.78, 5) is 31.1. The number of carbonyl (C=O) groups excluding carboxylic acids is 2. The fraction of sp³-hybridized carbons (Fsp3) is 0.476. The predicted molar refractivity (Wildman–Crippen MR) is 107 cm³/mol. The van der Waals surface area contributed by atoms with Gasteiger partial charge in [-0.2, -0.15) is 0 Å². The van der Waals surface area contributed by atoms with Gasteiger partial charge in [-0.25, -0.2) is 9.78 Å². The van der Waals surface area contributed by atoms with Crippen LogP contribution in [-0.4, -0.2) is 48.6 Å². The fourth-order valence-corrected chi connectivity index (χ4v) is 4.06. The third-order valence-electron chi connectivity index (χ3n) is 4.79. The average Bonchev–Trinajstić information content (AvgIpc) is 3.38. The van der Waals surface area contributed by atoms with Crippen LogP contribution in [0.25, 0.3) is 0 Å². The molecule has 1 aliphatic carbocycles. The number of rotatable bonds is 10. The molecule has 1 amide bonds. The predicted octanol–water partition coefficient (Wildman–Crippen LogP) is 3.49. The lowest BCUT2D eigenvalue weighted by Crippen LogP contribution is -2.33. The summed E-state index contributed by atoms with van der Waals surface area (Å²) in [7, 11) is 1.66. The highest BCUT2D eigenvalue weighted by molar-refractivity contribution is 7.09. The molecule has 7 heteroatoms. The van der Waals surface area contributed by atoms with Gasteiger partial charge < -0.3 is 14.4 Å². The number of thiazole rings is 1. The van der Waals surface area contributed by atoms with Crippen molar-refractivity contribution in [2.45, 2.75) is 32.2 Å². The summed E-state index contributed by atoms with van der Waals surface area (Å²) in [6.45, 7) is 3.70. The molecule has 0 bridgehead atoms. The first-order chi connectivity index (χ1) is 13.6. The molecule has 0 radical (unpaired) electrons. The summed E-state index contributed by atoms with van der Waals surface area (Å²) in [6.07, 6.45) is 1.65. The number of ether oxygens (including phenoxy) is 2. The molecule has 2 unspecified atom stereocenters. The summed E-state index contributed by atoms with van der Waals surface area (Å²) in [6, 6.07) is 10.2. The molecule has 1 saturated carbocycles. The van der Waals surface area contributed by atoms with E-state index in [-0.39, 0.29) is 11.8 Å². The minimum atomic E-state index is -0.423. The molecule has 0 spiro atoms. The average molecular weight is 403 g/mol. The Balaban J connectivity index is 1.65. The van der Waals surface area contributed by atoms with Gasteiger partial charge >= 0.3 is 5.97 Å². The molecule has 2 atom stereocenters. The van der Waals surface area contributed by atoms with Crippen LogP contribution in [0.15, 0.2) is 35.7 Å². The largest absolute Gasteiger partial charge is 0.461 e. The minimum absolute atomic E-state index is 0.0226. The van der Waals surface area contributed by atoms with Crippen LogP contribution in [0.1, 0.15) is 46.7 Å². The highest BCUT2D eigenvalue weighted by atomic mass is 32.1. The Labute approximate surface area is 169 Å². The molecule has 3 rings (SSSR count). The lowest BCUT2D eigenvalue weighted by Gasteiger charge is -2.22. The summed E-state index contributed by atoms with van der Waals surface area (Å²) in [5.41, 5.74) is 1.52. The topological polar surface area (TPSA) is 68.7 Å². The highest BCUT2D eigenvalue weighted by Gasteiger charge is 2.45. The number of carbonyl (C=O) groups is 2. The molecule has 1 heterocycles. The van der Waals surface area contributed by atoms with E-state index in [1.54, 1.807) is 19.4 Å². The molecule has 0 saturated heterocycles. The maximum absolute atomic E-state index is 13.1. The zero-order valence-corrected chi connectivity index (χ0v) is 17.1. The number of aromatic nitrogens is 1. The van der Waals surface area contributed by atoms with Crippen LogP contribution in [-0.2, 0) is 20.8 Å². The minimum Gasteiger partial charge on any atom is -0.461 e. The molecular weight excluding hydrogens is 376 g/mol. The first kappa shape index (κ1) is 20.5. The fourth-order valence-electron chi connectivity index (χ4n) is 3.28. The Hall–Kier alpha value is -2.25. The molecule has 28 heavy (non-hydrogen) atoms. The zero-order valence-electron chi connectivity index (χ0n) is 16.3. The number of methoxy groups -OCH3 is 1. The number of benzene rings is 1. The van der Waals surface area contributed by atoms with E-state index in [0.717, 1.165) is 17.8 Å². The quantitative estimate of drug-likeness (QED) is 0.449. The van der Waals surface area contributed by atoms with Crippen molar-refractivity contribution >= 4 is 23.2 Å². The zero-order chi connectivity index (χ0) is 19.9. The van der Waals surface area contributed by atoms with E-state index in [0.29, 0.717) is 37.9 Å². The maximum atomic E-state index is 13.1. The molecular formula is C21H26N2O4S. The first-order valence-electron chi connectivity index (χ1n) is 9.58. The molecule has 1 aromatic carbocycles. The summed E-state index contributed by atoms with van der Waals surface area (Å²) in [5.74, 6) is 0.0471. The van der Waals surface area contributed by atoms with E-state index in [2.05, 4.69) is 17.1 Å². The van der Waals surface area contributed by atoms with Crippen molar-refractivity contribution in [1.29, 1.82) is 0 Å². The van der Waals surface area contributed by atoms with E-state index in [1.807, 2.05) is 23.1 Å². The summed E-state index contributed by atoms with van der Waals surface area (Å²) >= 11 is 1.38. The smallest absolute Gasteiger partial charge is 0.357 e. The number of esters is 1. The van der Waals surface area contributed by atoms with Crippen molar-refractivity contribution < 1.29 is 19.1 Å². The first-order valence-corrected chi connectivity index (χ1v) is 10.5. The van der Waals surface area contributed by atoms with Gasteiger partial charge in [-0.1, -0.05) is 30.3 Å². The third kappa shape index (κ3) is 5.17. The standard InChI is InChI=1S/C21H26N2O4S/c1-3-27-21(25)18-14-28-19(22-18)13-23(10-7-11-26-2)20(24)17-12-16(17)15-8-5-4-6-9-15/h4-6,8-9,14,16-17H,3,7,10-13H2,1-2H3. The molecule has 0 N–H and O–H groups in total. The van der Waals surface area contributed by atoms with Crippen LogP contribution in [0.3, 0.4) is 0 Å². The summed E-state index contributed by atoms with van der Waals surface area (Å²) < 4.78 is 10.1. The Morgan fingerprint density at radius 3 is 2.79 bits per heavy atom. The van der Waals surface area contributed by atoms with Crippen molar-refractivity contribution in [1.82, 2.24) is 9.88 Å². The van der Waals surface area contributed by atoms with Crippen LogP contribution in [0.5, 0.6) is 0 Å². The van der Waals surface area contributed by atoms with E-state index >= 15 is 0 Å². The molecule has 1 aromatic heterocycles. The molecule has 1 fully saturated rings. The SMILES string of the molecule is CCOC(=O)c1csc(CN(CCCOC)C(=O)C2CC2c2ccccc2)n1. The van der Waals surface area contributed by atoms with Gasteiger partial charge in [0.1, 0.15) is 5.01 Å². The van der Waals surface area contributed by atoms with Crippen LogP contribution < -0.4 is 0 Å². The Bertz CT molecular complexity index is 793. The number of hydrogen-bond acceptors (Lipinski definition) is 6. The second kappa shape index (κ2) is 9.80. The Morgan fingerprint density at radius 2 is 2.07 bits per heavy atom. The van der Waals surface area contributed by atoms with Gasteiger partial charge in [-0.3, -0.25) is 4.79 Å². The van der Waals surface area contributed by atoms with Crippen LogP contribution in [0.2, 0.25) is 0 Å². The number of hydrogen-bond donors (Lipinski definition) is 0. The molecule has 1 aliphatic rings.